The maximum Gasteiger partial charge on any atom is 0.257 e. The van der Waals surface area contributed by atoms with E-state index in [1.807, 2.05) is 30.3 Å². The summed E-state index contributed by atoms with van der Waals surface area (Å²) in [6, 6.07) is 19.0. The summed E-state index contributed by atoms with van der Waals surface area (Å²) in [7, 11) is 0. The van der Waals surface area contributed by atoms with Gasteiger partial charge in [0.1, 0.15) is 0 Å². The van der Waals surface area contributed by atoms with Crippen LogP contribution in [0.15, 0.2) is 59.4 Å². The van der Waals surface area contributed by atoms with Gasteiger partial charge in [-0.15, -0.1) is 0 Å². The molecule has 27 heavy (non-hydrogen) atoms. The van der Waals surface area contributed by atoms with Crippen molar-refractivity contribution in [1.29, 1.82) is 0 Å². The average Bonchev–Trinajstić information content (AvgIpc) is 3.36. The largest absolute Gasteiger partial charge is 0.354 e. The molecule has 0 saturated carbocycles. The molecule has 0 spiro atoms. The molecular weight excluding hydrogens is 334 g/mol. The number of pyridine rings is 1. The van der Waals surface area contributed by atoms with E-state index in [0.29, 0.717) is 11.6 Å². The molecule has 5 rings (SSSR count). The van der Waals surface area contributed by atoms with Gasteiger partial charge in [-0.2, -0.15) is 0 Å². The minimum absolute atomic E-state index is 0.0640. The van der Waals surface area contributed by atoms with E-state index in [0.717, 1.165) is 27.5 Å². The van der Waals surface area contributed by atoms with Gasteiger partial charge in [-0.25, -0.2) is 0 Å². The van der Waals surface area contributed by atoms with E-state index in [1.54, 1.807) is 0 Å². The number of nitrogens with zero attached hydrogens (tertiary/aromatic N) is 1. The second kappa shape index (κ2) is 6.39. The highest BCUT2D eigenvalue weighted by atomic mass is 16.1. The Balaban J connectivity index is 1.57. The van der Waals surface area contributed by atoms with E-state index in [9.17, 15) is 4.79 Å². The standard InChI is InChI=1S/C23H23N3O/c1-15(26-10-4-5-11-26)16-8-9-21-18(12-16)14-22(24-21)19-13-17-6-2-3-7-20(17)25-23(19)27/h2-3,6-9,12-15,24H,4-5,10-11H2,1H3,(H,25,27). The molecular formula is C23H23N3O. The van der Waals surface area contributed by atoms with Gasteiger partial charge in [0, 0.05) is 22.5 Å². The number of aromatic amines is 2. The zero-order chi connectivity index (χ0) is 18.4. The Morgan fingerprint density at radius 2 is 1.67 bits per heavy atom. The van der Waals surface area contributed by atoms with Crippen LogP contribution in [0.3, 0.4) is 0 Å². The van der Waals surface area contributed by atoms with Crippen molar-refractivity contribution in [3.63, 3.8) is 0 Å². The van der Waals surface area contributed by atoms with Crippen molar-refractivity contribution in [2.24, 2.45) is 0 Å². The third kappa shape index (κ3) is 2.86. The van der Waals surface area contributed by atoms with Crippen LogP contribution in [0.25, 0.3) is 33.1 Å². The molecule has 1 aliphatic rings. The Kier molecular flexibility index (Phi) is 3.87. The van der Waals surface area contributed by atoms with E-state index >= 15 is 0 Å². The normalized spacial score (nSPS) is 16.3. The Labute approximate surface area is 157 Å². The first-order valence-corrected chi connectivity index (χ1v) is 9.68. The number of para-hydroxylation sites is 1. The summed E-state index contributed by atoms with van der Waals surface area (Å²) in [6.07, 6.45) is 2.59. The molecule has 0 bridgehead atoms. The van der Waals surface area contributed by atoms with Gasteiger partial charge in [0.15, 0.2) is 0 Å². The van der Waals surface area contributed by atoms with Crippen molar-refractivity contribution in [2.75, 3.05) is 13.1 Å². The van der Waals surface area contributed by atoms with Crippen LogP contribution in [0.1, 0.15) is 31.4 Å². The lowest BCUT2D eigenvalue weighted by Gasteiger charge is -2.24. The Hall–Kier alpha value is -2.85. The van der Waals surface area contributed by atoms with Gasteiger partial charge in [0.2, 0.25) is 0 Å². The molecule has 1 aliphatic heterocycles. The highest BCUT2D eigenvalue weighted by molar-refractivity contribution is 5.89. The molecule has 1 fully saturated rings. The predicted molar refractivity (Wildman–Crippen MR) is 111 cm³/mol. The predicted octanol–water partition coefficient (Wildman–Crippen LogP) is 4.83. The number of rotatable bonds is 3. The highest BCUT2D eigenvalue weighted by Gasteiger charge is 2.20. The van der Waals surface area contributed by atoms with Crippen LogP contribution >= 0.6 is 0 Å². The second-order valence-electron chi connectivity index (χ2n) is 7.55. The van der Waals surface area contributed by atoms with Crippen molar-refractivity contribution < 1.29 is 0 Å². The fraction of sp³-hybridized carbons (Fsp3) is 0.261. The van der Waals surface area contributed by atoms with E-state index in [1.165, 1.54) is 31.5 Å². The molecule has 4 aromatic rings. The minimum Gasteiger partial charge on any atom is -0.354 e. The van der Waals surface area contributed by atoms with Crippen molar-refractivity contribution in [1.82, 2.24) is 14.9 Å². The van der Waals surface area contributed by atoms with E-state index in [-0.39, 0.29) is 5.56 Å². The Morgan fingerprint density at radius 3 is 2.52 bits per heavy atom. The smallest absolute Gasteiger partial charge is 0.257 e. The fourth-order valence-corrected chi connectivity index (χ4v) is 4.24. The number of nitrogens with one attached hydrogen (secondary N) is 2. The van der Waals surface area contributed by atoms with Crippen LogP contribution in [0.2, 0.25) is 0 Å². The number of likely N-dealkylation sites (tertiary alicyclic amines) is 1. The average molecular weight is 357 g/mol. The summed E-state index contributed by atoms with van der Waals surface area (Å²) in [6.45, 7) is 4.65. The number of hydrogen-bond acceptors (Lipinski definition) is 2. The van der Waals surface area contributed by atoms with Gasteiger partial charge >= 0.3 is 0 Å². The van der Waals surface area contributed by atoms with Gasteiger partial charge in [-0.3, -0.25) is 9.69 Å². The first-order chi connectivity index (χ1) is 13.2. The lowest BCUT2D eigenvalue weighted by molar-refractivity contribution is 0.263. The molecule has 2 N–H and O–H groups in total. The summed E-state index contributed by atoms with van der Waals surface area (Å²) in [5, 5.41) is 2.19. The van der Waals surface area contributed by atoms with Crippen LogP contribution < -0.4 is 5.56 Å². The SMILES string of the molecule is CC(c1ccc2[nH]c(-c3cc4ccccc4[nH]c3=O)cc2c1)N1CCCC1. The number of aromatic nitrogens is 2. The molecule has 2 aromatic heterocycles. The zero-order valence-corrected chi connectivity index (χ0v) is 15.5. The monoisotopic (exact) mass is 357 g/mol. The van der Waals surface area contributed by atoms with Crippen molar-refractivity contribution >= 4 is 21.8 Å². The summed E-state index contributed by atoms with van der Waals surface area (Å²) in [5.41, 5.74) is 4.74. The van der Waals surface area contributed by atoms with E-state index in [2.05, 4.69) is 46.1 Å². The molecule has 2 aromatic carbocycles. The van der Waals surface area contributed by atoms with Gasteiger partial charge in [-0.1, -0.05) is 24.3 Å². The van der Waals surface area contributed by atoms with E-state index in [4.69, 9.17) is 0 Å². The molecule has 1 atom stereocenters. The van der Waals surface area contributed by atoms with E-state index < -0.39 is 0 Å². The summed E-state index contributed by atoms with van der Waals surface area (Å²) >= 11 is 0. The van der Waals surface area contributed by atoms with Crippen LogP contribution in [0.5, 0.6) is 0 Å². The number of H-pyrrole nitrogens is 2. The summed E-state index contributed by atoms with van der Waals surface area (Å²) in [5.74, 6) is 0. The zero-order valence-electron chi connectivity index (χ0n) is 15.5. The molecule has 0 radical (unpaired) electrons. The lowest BCUT2D eigenvalue weighted by Crippen LogP contribution is -2.23. The fourth-order valence-electron chi connectivity index (χ4n) is 4.24. The molecule has 4 nitrogen and oxygen atoms in total. The number of fused-ring (bicyclic) bond motifs is 2. The minimum atomic E-state index is -0.0640. The summed E-state index contributed by atoms with van der Waals surface area (Å²) in [4.78, 5) is 21.5. The van der Waals surface area contributed by atoms with Crippen molar-refractivity contribution in [3.8, 4) is 11.3 Å². The molecule has 3 heterocycles. The molecule has 1 unspecified atom stereocenters. The molecule has 4 heteroatoms. The van der Waals surface area contributed by atoms with Crippen LogP contribution in [0.4, 0.5) is 0 Å². The van der Waals surface area contributed by atoms with Gasteiger partial charge < -0.3 is 9.97 Å². The first-order valence-electron chi connectivity index (χ1n) is 9.68. The van der Waals surface area contributed by atoms with Crippen molar-refractivity contribution in [2.45, 2.75) is 25.8 Å². The summed E-state index contributed by atoms with van der Waals surface area (Å²) < 4.78 is 0. The maximum atomic E-state index is 12.6. The maximum absolute atomic E-state index is 12.6. The molecule has 1 saturated heterocycles. The number of hydrogen-bond donors (Lipinski definition) is 2. The topological polar surface area (TPSA) is 51.9 Å². The highest BCUT2D eigenvalue weighted by Crippen LogP contribution is 2.29. The van der Waals surface area contributed by atoms with Crippen LogP contribution in [0, 0.1) is 0 Å². The number of benzene rings is 2. The third-order valence-corrected chi connectivity index (χ3v) is 5.86. The third-order valence-electron chi connectivity index (χ3n) is 5.86. The van der Waals surface area contributed by atoms with Gasteiger partial charge in [0.05, 0.1) is 11.3 Å². The van der Waals surface area contributed by atoms with Crippen LogP contribution in [-0.2, 0) is 0 Å². The molecule has 0 amide bonds. The first kappa shape index (κ1) is 16.3. The van der Waals surface area contributed by atoms with Crippen LogP contribution in [-0.4, -0.2) is 28.0 Å². The van der Waals surface area contributed by atoms with Gasteiger partial charge in [-0.05, 0) is 74.1 Å². The Morgan fingerprint density at radius 1 is 0.889 bits per heavy atom. The molecule has 136 valence electrons. The quantitative estimate of drug-likeness (QED) is 0.551. The van der Waals surface area contributed by atoms with Gasteiger partial charge in [0.25, 0.3) is 5.56 Å². The van der Waals surface area contributed by atoms with Crippen molar-refractivity contribution in [3.05, 3.63) is 70.5 Å². The molecule has 0 aliphatic carbocycles. The Bertz CT molecular complexity index is 1180. The second-order valence-corrected chi connectivity index (χ2v) is 7.55. The lowest BCUT2D eigenvalue weighted by atomic mass is 10.0.